The topological polar surface area (TPSA) is 38.5 Å². The molecular formula is C18H18N2O. The van der Waals surface area contributed by atoms with Crippen molar-refractivity contribution in [1.29, 1.82) is 0 Å². The number of allylic oxidation sites excluding steroid dienone is 2. The van der Waals surface area contributed by atoms with Crippen LogP contribution in [-0.4, -0.2) is 7.05 Å². The second-order valence-corrected chi connectivity index (χ2v) is 5.26. The van der Waals surface area contributed by atoms with Gasteiger partial charge in [0, 0.05) is 30.2 Å². The SMILES string of the molecule is C=C1C=CN(C)c2ccc(Oc3ccc(N)cc3C)cc21. The summed E-state index contributed by atoms with van der Waals surface area (Å²) in [5.41, 5.74) is 10.7. The van der Waals surface area contributed by atoms with Crippen LogP contribution in [0.25, 0.3) is 5.57 Å². The highest BCUT2D eigenvalue weighted by molar-refractivity contribution is 5.85. The average Bonchev–Trinajstić information content (AvgIpc) is 2.46. The Bertz CT molecular complexity index is 747. The Hall–Kier alpha value is -2.68. The Kier molecular flexibility index (Phi) is 3.18. The van der Waals surface area contributed by atoms with Crippen molar-refractivity contribution in [2.75, 3.05) is 17.7 Å². The fraction of sp³-hybridized carbons (Fsp3) is 0.111. The van der Waals surface area contributed by atoms with Crippen LogP contribution in [0.2, 0.25) is 0 Å². The molecule has 2 N–H and O–H groups in total. The summed E-state index contributed by atoms with van der Waals surface area (Å²) in [5.74, 6) is 1.61. The number of nitrogens with zero attached hydrogens (tertiary/aromatic N) is 1. The first kappa shape index (κ1) is 13.3. The first-order valence-electron chi connectivity index (χ1n) is 6.83. The van der Waals surface area contributed by atoms with Crippen LogP contribution in [0, 0.1) is 6.92 Å². The zero-order valence-corrected chi connectivity index (χ0v) is 12.3. The van der Waals surface area contributed by atoms with Crippen molar-refractivity contribution in [3.05, 3.63) is 66.4 Å². The fourth-order valence-electron chi connectivity index (χ4n) is 2.43. The van der Waals surface area contributed by atoms with Gasteiger partial charge in [0.25, 0.3) is 0 Å². The van der Waals surface area contributed by atoms with E-state index in [0.29, 0.717) is 0 Å². The van der Waals surface area contributed by atoms with E-state index in [4.69, 9.17) is 10.5 Å². The van der Waals surface area contributed by atoms with E-state index in [1.807, 2.05) is 62.6 Å². The third kappa shape index (κ3) is 2.50. The number of aryl methyl sites for hydroxylation is 1. The van der Waals surface area contributed by atoms with Gasteiger partial charge in [0.15, 0.2) is 0 Å². The van der Waals surface area contributed by atoms with Crippen molar-refractivity contribution in [3.63, 3.8) is 0 Å². The van der Waals surface area contributed by atoms with Gasteiger partial charge in [-0.2, -0.15) is 0 Å². The molecule has 0 radical (unpaired) electrons. The zero-order chi connectivity index (χ0) is 15.0. The van der Waals surface area contributed by atoms with Crippen LogP contribution in [-0.2, 0) is 0 Å². The molecule has 0 spiro atoms. The number of fused-ring (bicyclic) bond motifs is 1. The molecule has 0 amide bonds. The third-order valence-electron chi connectivity index (χ3n) is 3.62. The average molecular weight is 278 g/mol. The third-order valence-corrected chi connectivity index (χ3v) is 3.62. The lowest BCUT2D eigenvalue weighted by molar-refractivity contribution is 0.479. The smallest absolute Gasteiger partial charge is 0.130 e. The number of anilines is 2. The zero-order valence-electron chi connectivity index (χ0n) is 12.3. The first-order chi connectivity index (χ1) is 10.0. The number of ether oxygens (including phenoxy) is 1. The van der Waals surface area contributed by atoms with E-state index in [1.165, 1.54) is 0 Å². The van der Waals surface area contributed by atoms with Gasteiger partial charge in [-0.1, -0.05) is 6.58 Å². The lowest BCUT2D eigenvalue weighted by atomic mass is 10.0. The maximum absolute atomic E-state index is 5.97. The van der Waals surface area contributed by atoms with E-state index >= 15 is 0 Å². The summed E-state index contributed by atoms with van der Waals surface area (Å²) in [7, 11) is 2.02. The van der Waals surface area contributed by atoms with Gasteiger partial charge in [0.05, 0.1) is 0 Å². The molecule has 0 bridgehead atoms. The number of rotatable bonds is 2. The minimum Gasteiger partial charge on any atom is -0.457 e. The van der Waals surface area contributed by atoms with E-state index in [0.717, 1.165) is 39.6 Å². The van der Waals surface area contributed by atoms with Gasteiger partial charge in [-0.15, -0.1) is 0 Å². The van der Waals surface area contributed by atoms with Gasteiger partial charge in [0.1, 0.15) is 11.5 Å². The summed E-state index contributed by atoms with van der Waals surface area (Å²) in [6.07, 6.45) is 4.01. The Labute approximate surface area is 125 Å². The van der Waals surface area contributed by atoms with Crippen LogP contribution in [0.15, 0.2) is 55.3 Å². The highest BCUT2D eigenvalue weighted by Gasteiger charge is 2.13. The van der Waals surface area contributed by atoms with Gasteiger partial charge < -0.3 is 15.4 Å². The van der Waals surface area contributed by atoms with Crippen LogP contribution < -0.4 is 15.4 Å². The van der Waals surface area contributed by atoms with E-state index in [-0.39, 0.29) is 0 Å². The molecule has 2 aromatic rings. The molecule has 3 nitrogen and oxygen atoms in total. The molecular weight excluding hydrogens is 260 g/mol. The van der Waals surface area contributed by atoms with Crippen LogP contribution in [0.1, 0.15) is 11.1 Å². The molecule has 0 fully saturated rings. The van der Waals surface area contributed by atoms with Crippen molar-refractivity contribution in [1.82, 2.24) is 0 Å². The summed E-state index contributed by atoms with van der Waals surface area (Å²) in [6.45, 7) is 6.07. The summed E-state index contributed by atoms with van der Waals surface area (Å²) in [6, 6.07) is 11.7. The lowest BCUT2D eigenvalue weighted by Gasteiger charge is -2.24. The molecule has 21 heavy (non-hydrogen) atoms. The summed E-state index contributed by atoms with van der Waals surface area (Å²) < 4.78 is 5.97. The summed E-state index contributed by atoms with van der Waals surface area (Å²) in [4.78, 5) is 2.07. The van der Waals surface area contributed by atoms with Crippen LogP contribution in [0.4, 0.5) is 11.4 Å². The van der Waals surface area contributed by atoms with Crippen molar-refractivity contribution in [3.8, 4) is 11.5 Å². The maximum atomic E-state index is 5.97. The van der Waals surface area contributed by atoms with Gasteiger partial charge in [0.2, 0.25) is 0 Å². The normalized spacial score (nSPS) is 13.2. The minimum absolute atomic E-state index is 0.741. The molecule has 1 heterocycles. The molecule has 1 aliphatic heterocycles. The molecule has 1 aliphatic rings. The van der Waals surface area contributed by atoms with E-state index in [2.05, 4.69) is 11.5 Å². The second-order valence-electron chi connectivity index (χ2n) is 5.26. The Morgan fingerprint density at radius 3 is 2.71 bits per heavy atom. The molecule has 2 aromatic carbocycles. The monoisotopic (exact) mass is 278 g/mol. The van der Waals surface area contributed by atoms with Crippen molar-refractivity contribution in [2.45, 2.75) is 6.92 Å². The van der Waals surface area contributed by atoms with Crippen LogP contribution in [0.5, 0.6) is 11.5 Å². The number of hydrogen-bond acceptors (Lipinski definition) is 3. The van der Waals surface area contributed by atoms with Crippen molar-refractivity contribution >= 4 is 16.9 Å². The molecule has 0 saturated heterocycles. The highest BCUT2D eigenvalue weighted by atomic mass is 16.5. The second kappa shape index (κ2) is 5.02. The molecule has 3 heteroatoms. The van der Waals surface area contributed by atoms with Crippen LogP contribution in [0.3, 0.4) is 0 Å². The van der Waals surface area contributed by atoms with E-state index in [9.17, 15) is 0 Å². The highest BCUT2D eigenvalue weighted by Crippen LogP contribution is 2.35. The minimum atomic E-state index is 0.741. The largest absolute Gasteiger partial charge is 0.457 e. The molecule has 106 valence electrons. The van der Waals surface area contributed by atoms with Gasteiger partial charge in [-0.3, -0.25) is 0 Å². The molecule has 3 rings (SSSR count). The predicted molar refractivity (Wildman–Crippen MR) is 88.7 cm³/mol. The van der Waals surface area contributed by atoms with Gasteiger partial charge >= 0.3 is 0 Å². The van der Waals surface area contributed by atoms with Gasteiger partial charge in [-0.25, -0.2) is 0 Å². The van der Waals surface area contributed by atoms with Crippen LogP contribution >= 0.6 is 0 Å². The Morgan fingerprint density at radius 1 is 1.14 bits per heavy atom. The van der Waals surface area contributed by atoms with E-state index in [1.54, 1.807) is 0 Å². The lowest BCUT2D eigenvalue weighted by Crippen LogP contribution is -2.13. The van der Waals surface area contributed by atoms with Crippen molar-refractivity contribution in [2.24, 2.45) is 0 Å². The number of benzene rings is 2. The van der Waals surface area contributed by atoms with E-state index < -0.39 is 0 Å². The fourth-order valence-corrected chi connectivity index (χ4v) is 2.43. The number of hydrogen-bond donors (Lipinski definition) is 1. The maximum Gasteiger partial charge on any atom is 0.130 e. The molecule has 0 saturated carbocycles. The summed E-state index contributed by atoms with van der Waals surface area (Å²) >= 11 is 0. The van der Waals surface area contributed by atoms with Gasteiger partial charge in [-0.05, 0) is 60.5 Å². The Morgan fingerprint density at radius 2 is 1.95 bits per heavy atom. The standard InChI is InChI=1S/C18H18N2O/c1-12-8-9-20(3)17-6-5-15(11-16(12)17)21-18-7-4-14(19)10-13(18)2/h4-11H,1,19H2,2-3H3. The molecule has 0 unspecified atom stereocenters. The van der Waals surface area contributed by atoms with Crippen molar-refractivity contribution < 1.29 is 4.74 Å². The number of nitrogens with two attached hydrogens (primary N) is 1. The number of nitrogen functional groups attached to an aromatic ring is 1. The first-order valence-corrected chi connectivity index (χ1v) is 6.83. The quantitative estimate of drug-likeness (QED) is 0.830. The Balaban J connectivity index is 1.95. The molecule has 0 aliphatic carbocycles. The molecule has 0 aromatic heterocycles. The molecule has 0 atom stereocenters. The summed E-state index contributed by atoms with van der Waals surface area (Å²) in [5, 5.41) is 0. The predicted octanol–water partition coefficient (Wildman–Crippen LogP) is 4.35.